The van der Waals surface area contributed by atoms with Crippen molar-refractivity contribution in [2.24, 2.45) is 7.05 Å². The summed E-state index contributed by atoms with van der Waals surface area (Å²) >= 11 is 0. The van der Waals surface area contributed by atoms with Crippen molar-refractivity contribution >= 4 is 11.6 Å². The van der Waals surface area contributed by atoms with Crippen LogP contribution in [0, 0.1) is 5.82 Å². The van der Waals surface area contributed by atoms with Crippen LogP contribution < -0.4 is 5.32 Å². The van der Waals surface area contributed by atoms with Crippen LogP contribution in [0.2, 0.25) is 0 Å². The van der Waals surface area contributed by atoms with E-state index >= 15 is 0 Å². The Morgan fingerprint density at radius 1 is 1.30 bits per heavy atom. The molecule has 0 unspecified atom stereocenters. The highest BCUT2D eigenvalue weighted by atomic mass is 19.3. The van der Waals surface area contributed by atoms with Crippen LogP contribution in [0.1, 0.15) is 48.8 Å². The maximum atomic E-state index is 14.5. The first kappa shape index (κ1) is 17.1. The zero-order valence-corrected chi connectivity index (χ0v) is 13.3. The van der Waals surface area contributed by atoms with E-state index in [1.54, 1.807) is 12.1 Å². The molecule has 0 aliphatic carbocycles. The first-order chi connectivity index (χ1) is 10.6. The van der Waals surface area contributed by atoms with Crippen LogP contribution in [0.3, 0.4) is 0 Å². The number of halogens is 3. The first-order valence-corrected chi connectivity index (χ1v) is 7.03. The number of alkyl halides is 2. The molecule has 0 bridgehead atoms. The molecule has 0 radical (unpaired) electrons. The second kappa shape index (κ2) is 6.06. The van der Waals surface area contributed by atoms with Crippen LogP contribution in [0.15, 0.2) is 24.4 Å². The van der Waals surface area contributed by atoms with Gasteiger partial charge in [0, 0.05) is 13.2 Å². The summed E-state index contributed by atoms with van der Waals surface area (Å²) in [7, 11) is 1.43. The highest BCUT2D eigenvalue weighted by Gasteiger charge is 2.25. The van der Waals surface area contributed by atoms with E-state index in [9.17, 15) is 18.0 Å². The Hall–Kier alpha value is -2.31. The van der Waals surface area contributed by atoms with E-state index in [2.05, 4.69) is 10.4 Å². The Morgan fingerprint density at radius 2 is 1.96 bits per heavy atom. The molecule has 0 fully saturated rings. The number of nitrogens with zero attached hydrogens (tertiary/aromatic N) is 2. The minimum absolute atomic E-state index is 0.0495. The van der Waals surface area contributed by atoms with Crippen LogP contribution in [-0.4, -0.2) is 15.7 Å². The summed E-state index contributed by atoms with van der Waals surface area (Å²) < 4.78 is 41.5. The van der Waals surface area contributed by atoms with Gasteiger partial charge in [-0.3, -0.25) is 9.48 Å². The predicted octanol–water partition coefficient (Wildman–Crippen LogP) is 4.05. The van der Waals surface area contributed by atoms with Crippen molar-refractivity contribution in [3.05, 3.63) is 47.0 Å². The lowest BCUT2D eigenvalue weighted by Gasteiger charge is -2.21. The molecule has 7 heteroatoms. The van der Waals surface area contributed by atoms with Crippen LogP contribution >= 0.6 is 0 Å². The zero-order chi connectivity index (χ0) is 17.4. The van der Waals surface area contributed by atoms with E-state index in [4.69, 9.17) is 0 Å². The van der Waals surface area contributed by atoms with E-state index in [1.807, 2.05) is 20.8 Å². The van der Waals surface area contributed by atoms with Crippen LogP contribution in [0.25, 0.3) is 0 Å². The molecule has 4 nitrogen and oxygen atoms in total. The Morgan fingerprint density at radius 3 is 2.52 bits per heavy atom. The minimum Gasteiger partial charge on any atom is -0.319 e. The fraction of sp³-hybridized carbons (Fsp3) is 0.375. The molecule has 1 aromatic carbocycles. The lowest BCUT2D eigenvalue weighted by Crippen LogP contribution is -2.18. The number of carbonyl (C=O) groups is 1. The Labute approximate surface area is 132 Å². The Kier molecular flexibility index (Phi) is 4.49. The molecule has 124 valence electrons. The number of aromatic nitrogens is 2. The van der Waals surface area contributed by atoms with Gasteiger partial charge in [0.1, 0.15) is 11.5 Å². The van der Waals surface area contributed by atoms with Gasteiger partial charge >= 0.3 is 0 Å². The van der Waals surface area contributed by atoms with Crippen molar-refractivity contribution in [3.63, 3.8) is 0 Å². The average Bonchev–Trinajstić information content (AvgIpc) is 2.82. The first-order valence-electron chi connectivity index (χ1n) is 7.03. The molecule has 0 atom stereocenters. The standard InChI is InChI=1S/C16H18F3N3O/c1-16(2,3)10-6-5-7-11(12(10)17)20-15(23)9-8-22(4)21-13(9)14(18)19/h5-8,14H,1-4H3,(H,20,23). The molecule has 1 N–H and O–H groups in total. The molecule has 0 saturated carbocycles. The Balaban J connectivity index is 2.35. The molecular formula is C16H18F3N3O. The summed E-state index contributed by atoms with van der Waals surface area (Å²) in [5.74, 6) is -1.39. The number of amides is 1. The maximum Gasteiger partial charge on any atom is 0.282 e. The molecule has 2 rings (SSSR count). The molecule has 0 saturated heterocycles. The number of hydrogen-bond acceptors (Lipinski definition) is 2. The quantitative estimate of drug-likeness (QED) is 0.925. The number of carbonyl (C=O) groups excluding carboxylic acids is 1. The van der Waals surface area contributed by atoms with E-state index in [0.29, 0.717) is 5.56 Å². The van der Waals surface area contributed by atoms with E-state index in [-0.39, 0.29) is 11.3 Å². The smallest absolute Gasteiger partial charge is 0.282 e. The van der Waals surface area contributed by atoms with Gasteiger partial charge < -0.3 is 5.32 Å². The SMILES string of the molecule is Cn1cc(C(=O)Nc2cccc(C(C)(C)C)c2F)c(C(F)F)n1. The number of aryl methyl sites for hydroxylation is 1. The van der Waals surface area contributed by atoms with Crippen LogP contribution in [-0.2, 0) is 12.5 Å². The van der Waals surface area contributed by atoms with Gasteiger partial charge in [0.05, 0.1) is 11.3 Å². The third-order valence-corrected chi connectivity index (χ3v) is 3.36. The van der Waals surface area contributed by atoms with E-state index in [1.165, 1.54) is 19.3 Å². The summed E-state index contributed by atoms with van der Waals surface area (Å²) in [4.78, 5) is 12.2. The van der Waals surface area contributed by atoms with Gasteiger partial charge in [0.15, 0.2) is 0 Å². The maximum absolute atomic E-state index is 14.5. The molecule has 23 heavy (non-hydrogen) atoms. The average molecular weight is 325 g/mol. The number of anilines is 1. The second-order valence-corrected chi connectivity index (χ2v) is 6.27. The highest BCUT2D eigenvalue weighted by molar-refractivity contribution is 6.05. The molecular weight excluding hydrogens is 307 g/mol. The highest BCUT2D eigenvalue weighted by Crippen LogP contribution is 2.29. The number of rotatable bonds is 3. The molecule has 1 amide bonds. The molecule has 0 spiro atoms. The normalized spacial score (nSPS) is 11.8. The number of hydrogen-bond donors (Lipinski definition) is 1. The third-order valence-electron chi connectivity index (χ3n) is 3.36. The van der Waals surface area contributed by atoms with Crippen molar-refractivity contribution in [3.8, 4) is 0 Å². The van der Waals surface area contributed by atoms with Gasteiger partial charge in [-0.25, -0.2) is 13.2 Å². The van der Waals surface area contributed by atoms with Gasteiger partial charge in [-0.15, -0.1) is 0 Å². The van der Waals surface area contributed by atoms with E-state index < -0.39 is 29.3 Å². The summed E-state index contributed by atoms with van der Waals surface area (Å²) in [6, 6.07) is 4.62. The number of nitrogens with one attached hydrogen (secondary N) is 1. The molecule has 1 heterocycles. The lowest BCUT2D eigenvalue weighted by atomic mass is 9.86. The minimum atomic E-state index is -2.89. The van der Waals surface area contributed by atoms with Gasteiger partial charge in [0.2, 0.25) is 0 Å². The van der Waals surface area contributed by atoms with Crippen LogP contribution in [0.4, 0.5) is 18.9 Å². The van der Waals surface area contributed by atoms with Gasteiger partial charge in [-0.05, 0) is 17.0 Å². The van der Waals surface area contributed by atoms with Gasteiger partial charge in [-0.1, -0.05) is 32.9 Å². The van der Waals surface area contributed by atoms with Crippen LogP contribution in [0.5, 0.6) is 0 Å². The fourth-order valence-electron chi connectivity index (χ4n) is 2.24. The summed E-state index contributed by atoms with van der Waals surface area (Å²) in [5, 5.41) is 5.91. The molecule has 1 aromatic heterocycles. The van der Waals surface area contributed by atoms with Crippen molar-refractivity contribution in [1.29, 1.82) is 0 Å². The fourth-order valence-corrected chi connectivity index (χ4v) is 2.24. The monoisotopic (exact) mass is 325 g/mol. The summed E-state index contributed by atoms with van der Waals surface area (Å²) in [6.07, 6.45) is -1.70. The zero-order valence-electron chi connectivity index (χ0n) is 13.3. The van der Waals surface area contributed by atoms with Crippen molar-refractivity contribution < 1.29 is 18.0 Å². The van der Waals surface area contributed by atoms with Gasteiger partial charge in [0.25, 0.3) is 12.3 Å². The molecule has 0 aliphatic rings. The van der Waals surface area contributed by atoms with Crippen molar-refractivity contribution in [1.82, 2.24) is 9.78 Å². The largest absolute Gasteiger partial charge is 0.319 e. The number of benzene rings is 1. The van der Waals surface area contributed by atoms with Crippen molar-refractivity contribution in [2.75, 3.05) is 5.32 Å². The molecule has 0 aliphatic heterocycles. The summed E-state index contributed by atoms with van der Waals surface area (Å²) in [5.41, 5.74) is -0.977. The molecule has 2 aromatic rings. The predicted molar refractivity (Wildman–Crippen MR) is 81.2 cm³/mol. The third kappa shape index (κ3) is 3.55. The second-order valence-electron chi connectivity index (χ2n) is 6.27. The van der Waals surface area contributed by atoms with Gasteiger partial charge in [-0.2, -0.15) is 5.10 Å². The summed E-state index contributed by atoms with van der Waals surface area (Å²) in [6.45, 7) is 5.52. The van der Waals surface area contributed by atoms with E-state index in [0.717, 1.165) is 4.68 Å². The van der Waals surface area contributed by atoms with Crippen molar-refractivity contribution in [2.45, 2.75) is 32.6 Å². The topological polar surface area (TPSA) is 46.9 Å². The lowest BCUT2D eigenvalue weighted by molar-refractivity contribution is 0.101. The Bertz CT molecular complexity index is 733.